The van der Waals surface area contributed by atoms with Gasteiger partial charge in [0.2, 0.25) is 0 Å². The molecule has 0 N–H and O–H groups in total. The van der Waals surface area contributed by atoms with Gasteiger partial charge in [-0.15, -0.1) is 0 Å². The minimum atomic E-state index is -2.94. The summed E-state index contributed by atoms with van der Waals surface area (Å²) in [4.78, 5) is 0. The van der Waals surface area contributed by atoms with Crippen molar-refractivity contribution in [1.82, 2.24) is 0 Å². The zero-order chi connectivity index (χ0) is 11.7. The van der Waals surface area contributed by atoms with Gasteiger partial charge in [-0.25, -0.2) is 8.42 Å². The van der Waals surface area contributed by atoms with Crippen LogP contribution in [0.1, 0.15) is 31.9 Å². The average molecular weight is 226 g/mol. The van der Waals surface area contributed by atoms with Crippen molar-refractivity contribution in [1.29, 1.82) is 0 Å². The summed E-state index contributed by atoms with van der Waals surface area (Å²) in [5.41, 5.74) is 2.10. The highest BCUT2D eigenvalue weighted by molar-refractivity contribution is 7.89. The monoisotopic (exact) mass is 226 g/mol. The van der Waals surface area contributed by atoms with Crippen molar-refractivity contribution in [2.24, 2.45) is 0 Å². The largest absolute Gasteiger partial charge is 0.229 e. The Kier molecular flexibility index (Phi) is 3.24. The Morgan fingerprint density at radius 2 is 1.80 bits per heavy atom. The van der Waals surface area contributed by atoms with E-state index in [-0.39, 0.29) is 11.2 Å². The maximum atomic E-state index is 11.2. The first-order valence-corrected chi connectivity index (χ1v) is 7.02. The van der Waals surface area contributed by atoms with Crippen molar-refractivity contribution in [3.05, 3.63) is 35.4 Å². The predicted molar refractivity (Wildman–Crippen MR) is 63.7 cm³/mol. The fourth-order valence-electron chi connectivity index (χ4n) is 1.43. The van der Waals surface area contributed by atoms with Gasteiger partial charge in [-0.2, -0.15) is 0 Å². The molecule has 0 atom stereocenters. The third-order valence-corrected chi connectivity index (χ3v) is 3.08. The quantitative estimate of drug-likeness (QED) is 0.776. The van der Waals surface area contributed by atoms with E-state index < -0.39 is 9.84 Å². The van der Waals surface area contributed by atoms with Crippen molar-refractivity contribution in [3.63, 3.8) is 0 Å². The fourth-order valence-corrected chi connectivity index (χ4v) is 2.22. The lowest BCUT2D eigenvalue weighted by Gasteiger charge is -2.19. The molecule has 0 fully saturated rings. The van der Waals surface area contributed by atoms with Crippen LogP contribution >= 0.6 is 0 Å². The molecule has 0 saturated heterocycles. The minimum Gasteiger partial charge on any atom is -0.229 e. The zero-order valence-electron chi connectivity index (χ0n) is 9.74. The van der Waals surface area contributed by atoms with Crippen LogP contribution in [0.25, 0.3) is 0 Å². The molecule has 15 heavy (non-hydrogen) atoms. The summed E-state index contributed by atoms with van der Waals surface area (Å²) in [6, 6.07) is 7.78. The maximum absolute atomic E-state index is 11.2. The van der Waals surface area contributed by atoms with Crippen LogP contribution in [0.3, 0.4) is 0 Å². The third-order valence-electron chi connectivity index (χ3n) is 2.22. The Morgan fingerprint density at radius 3 is 2.27 bits per heavy atom. The second kappa shape index (κ2) is 3.97. The third kappa shape index (κ3) is 4.04. The Balaban J connectivity index is 3.04. The van der Waals surface area contributed by atoms with Gasteiger partial charge in [0.1, 0.15) is 0 Å². The highest BCUT2D eigenvalue weighted by Gasteiger charge is 2.14. The maximum Gasteiger partial charge on any atom is 0.151 e. The van der Waals surface area contributed by atoms with Crippen LogP contribution in [-0.2, 0) is 21.0 Å². The number of rotatable bonds is 2. The van der Waals surface area contributed by atoms with Crippen LogP contribution in [0.5, 0.6) is 0 Å². The summed E-state index contributed by atoms with van der Waals surface area (Å²) in [7, 11) is -2.94. The summed E-state index contributed by atoms with van der Waals surface area (Å²) in [5.74, 6) is 0.122. The van der Waals surface area contributed by atoms with Gasteiger partial charge < -0.3 is 0 Å². The molecular formula is C12H18O2S. The van der Waals surface area contributed by atoms with Crippen molar-refractivity contribution >= 4 is 9.84 Å². The molecular weight excluding hydrogens is 208 g/mol. The molecule has 0 aliphatic rings. The first kappa shape index (κ1) is 12.2. The topological polar surface area (TPSA) is 34.1 Å². The molecule has 0 heterocycles. The first-order chi connectivity index (χ1) is 6.68. The van der Waals surface area contributed by atoms with Crippen LogP contribution < -0.4 is 0 Å². The number of benzene rings is 1. The summed E-state index contributed by atoms with van der Waals surface area (Å²) in [5, 5.41) is 0. The molecule has 84 valence electrons. The lowest BCUT2D eigenvalue weighted by molar-refractivity contribution is 0.588. The molecule has 0 amide bonds. The smallest absolute Gasteiger partial charge is 0.151 e. The zero-order valence-corrected chi connectivity index (χ0v) is 10.6. The van der Waals surface area contributed by atoms with Gasteiger partial charge in [-0.1, -0.05) is 45.0 Å². The van der Waals surface area contributed by atoms with Gasteiger partial charge in [0, 0.05) is 6.26 Å². The normalized spacial score (nSPS) is 12.8. The van der Waals surface area contributed by atoms with Crippen LogP contribution in [0, 0.1) is 0 Å². The highest BCUT2D eigenvalue weighted by atomic mass is 32.2. The Morgan fingerprint density at radius 1 is 1.20 bits per heavy atom. The van der Waals surface area contributed by atoms with Crippen LogP contribution in [-0.4, -0.2) is 14.7 Å². The predicted octanol–water partition coefficient (Wildman–Crippen LogP) is 2.53. The molecule has 0 aliphatic heterocycles. The van der Waals surface area contributed by atoms with Crippen LogP contribution in [0.2, 0.25) is 0 Å². The van der Waals surface area contributed by atoms with E-state index in [2.05, 4.69) is 20.8 Å². The van der Waals surface area contributed by atoms with Gasteiger partial charge in [0.25, 0.3) is 0 Å². The van der Waals surface area contributed by atoms with E-state index in [1.165, 1.54) is 11.8 Å². The summed E-state index contributed by atoms with van der Waals surface area (Å²) in [6.45, 7) is 6.35. The Bertz CT molecular complexity index is 439. The SMILES string of the molecule is CC(C)(C)c1cccc(CS(C)(=O)=O)c1. The molecule has 3 heteroatoms. The van der Waals surface area contributed by atoms with E-state index in [0.717, 1.165) is 5.56 Å². The molecule has 2 nitrogen and oxygen atoms in total. The van der Waals surface area contributed by atoms with Crippen LogP contribution in [0.4, 0.5) is 0 Å². The van der Waals surface area contributed by atoms with Crippen LogP contribution in [0.15, 0.2) is 24.3 Å². The lowest BCUT2D eigenvalue weighted by atomic mass is 9.86. The van der Waals surface area contributed by atoms with Gasteiger partial charge in [-0.3, -0.25) is 0 Å². The van der Waals surface area contributed by atoms with Gasteiger partial charge >= 0.3 is 0 Å². The Hall–Kier alpha value is -0.830. The van der Waals surface area contributed by atoms with E-state index in [4.69, 9.17) is 0 Å². The molecule has 0 radical (unpaired) electrons. The minimum absolute atomic E-state index is 0.0630. The van der Waals surface area contributed by atoms with Crippen molar-refractivity contribution in [2.45, 2.75) is 31.9 Å². The molecule has 0 unspecified atom stereocenters. The first-order valence-electron chi connectivity index (χ1n) is 4.96. The van der Waals surface area contributed by atoms with Crippen molar-refractivity contribution < 1.29 is 8.42 Å². The van der Waals surface area contributed by atoms with Crippen molar-refractivity contribution in [2.75, 3.05) is 6.26 Å². The molecule has 0 aromatic heterocycles. The summed E-state index contributed by atoms with van der Waals surface area (Å²) >= 11 is 0. The van der Waals surface area contributed by atoms with Gasteiger partial charge in [-0.05, 0) is 16.5 Å². The molecule has 0 saturated carbocycles. The molecule has 1 aromatic carbocycles. The number of hydrogen-bond acceptors (Lipinski definition) is 2. The van der Waals surface area contributed by atoms with E-state index in [1.54, 1.807) is 0 Å². The summed E-state index contributed by atoms with van der Waals surface area (Å²) in [6.07, 6.45) is 1.26. The second-order valence-electron chi connectivity index (χ2n) is 5.02. The van der Waals surface area contributed by atoms with E-state index in [1.807, 2.05) is 24.3 Å². The molecule has 1 aromatic rings. The molecule has 0 spiro atoms. The number of sulfone groups is 1. The van der Waals surface area contributed by atoms with E-state index in [9.17, 15) is 8.42 Å². The Labute approximate surface area is 92.2 Å². The fraction of sp³-hybridized carbons (Fsp3) is 0.500. The average Bonchev–Trinajstić information content (AvgIpc) is 1.99. The summed E-state index contributed by atoms with van der Waals surface area (Å²) < 4.78 is 22.3. The standard InChI is InChI=1S/C12H18O2S/c1-12(2,3)11-7-5-6-10(8-11)9-15(4,13)14/h5-8H,9H2,1-4H3. The molecule has 0 aliphatic carbocycles. The van der Waals surface area contributed by atoms with Gasteiger partial charge in [0.15, 0.2) is 9.84 Å². The van der Waals surface area contributed by atoms with Crippen molar-refractivity contribution in [3.8, 4) is 0 Å². The second-order valence-corrected chi connectivity index (χ2v) is 7.16. The van der Waals surface area contributed by atoms with E-state index >= 15 is 0 Å². The highest BCUT2D eigenvalue weighted by Crippen LogP contribution is 2.23. The van der Waals surface area contributed by atoms with E-state index in [0.29, 0.717) is 0 Å². The lowest BCUT2D eigenvalue weighted by Crippen LogP contribution is -2.11. The molecule has 0 bridgehead atoms. The molecule has 1 rings (SSSR count). The van der Waals surface area contributed by atoms with Gasteiger partial charge in [0.05, 0.1) is 5.75 Å². The number of hydrogen-bond donors (Lipinski definition) is 0.